The van der Waals surface area contributed by atoms with Crippen molar-refractivity contribution in [2.24, 2.45) is 0 Å². The Bertz CT molecular complexity index is 947. The van der Waals surface area contributed by atoms with Crippen LogP contribution in [0, 0.1) is 0 Å². The molecule has 1 aromatic carbocycles. The molecule has 2 aromatic rings. The van der Waals surface area contributed by atoms with Crippen molar-refractivity contribution in [3.8, 4) is 5.75 Å². The zero-order valence-corrected chi connectivity index (χ0v) is 14.4. The molecular formula is C18H17N3O3S. The Morgan fingerprint density at radius 1 is 1.20 bits per heavy atom. The Kier molecular flexibility index (Phi) is 3.88. The lowest BCUT2D eigenvalue weighted by molar-refractivity contribution is -0.116. The van der Waals surface area contributed by atoms with Crippen LogP contribution in [-0.4, -0.2) is 27.1 Å². The topological polar surface area (TPSA) is 95.1 Å². The molecule has 0 amide bonds. The second-order valence-corrected chi connectivity index (χ2v) is 6.95. The van der Waals surface area contributed by atoms with Crippen molar-refractivity contribution in [1.29, 1.82) is 0 Å². The maximum absolute atomic E-state index is 12.7. The van der Waals surface area contributed by atoms with E-state index in [0.29, 0.717) is 28.5 Å². The number of aromatic nitrogens is 2. The van der Waals surface area contributed by atoms with E-state index in [0.717, 1.165) is 24.1 Å². The number of aromatic hydroxyl groups is 1. The molecule has 128 valence electrons. The molecule has 0 radical (unpaired) electrons. The third kappa shape index (κ3) is 2.64. The van der Waals surface area contributed by atoms with Gasteiger partial charge < -0.3 is 15.4 Å². The Balaban J connectivity index is 1.98. The second kappa shape index (κ2) is 6.07. The van der Waals surface area contributed by atoms with Crippen molar-refractivity contribution in [2.45, 2.75) is 30.3 Å². The minimum absolute atomic E-state index is 0.0609. The number of phenolic OH excluding ortho intramolecular Hbond substituents is 1. The highest BCUT2D eigenvalue weighted by molar-refractivity contribution is 7.98. The number of Topliss-reactive ketones (excluding diaryl/α,β-unsaturated/α-hetero) is 1. The fourth-order valence-corrected chi connectivity index (χ4v) is 3.91. The zero-order chi connectivity index (χ0) is 17.6. The van der Waals surface area contributed by atoms with Crippen molar-refractivity contribution in [1.82, 2.24) is 9.97 Å². The number of anilines is 1. The van der Waals surface area contributed by atoms with Gasteiger partial charge in [0.25, 0.3) is 5.56 Å². The number of phenols is 1. The van der Waals surface area contributed by atoms with E-state index in [9.17, 15) is 14.7 Å². The van der Waals surface area contributed by atoms with Crippen molar-refractivity contribution >= 4 is 23.4 Å². The van der Waals surface area contributed by atoms with E-state index < -0.39 is 5.92 Å². The molecule has 4 rings (SSSR count). The van der Waals surface area contributed by atoms with Crippen molar-refractivity contribution in [3.63, 3.8) is 0 Å². The number of thioether (sulfide) groups is 1. The molecule has 3 N–H and O–H groups in total. The van der Waals surface area contributed by atoms with Gasteiger partial charge in [-0.15, -0.1) is 0 Å². The van der Waals surface area contributed by atoms with E-state index in [1.54, 1.807) is 24.3 Å². The SMILES string of the molecule is CSc1nc2c(c(=O)[nH]1)[C@@H](c1ccc(O)cc1)C1=C(CCCC1=O)N2. The Labute approximate surface area is 148 Å². The van der Waals surface area contributed by atoms with Gasteiger partial charge in [-0.1, -0.05) is 23.9 Å². The van der Waals surface area contributed by atoms with Crippen LogP contribution in [0.15, 0.2) is 45.5 Å². The number of allylic oxidation sites excluding steroid dienone is 2. The maximum Gasteiger partial charge on any atom is 0.257 e. The highest BCUT2D eigenvalue weighted by atomic mass is 32.2. The van der Waals surface area contributed by atoms with E-state index >= 15 is 0 Å². The monoisotopic (exact) mass is 355 g/mol. The third-order valence-corrected chi connectivity index (χ3v) is 5.24. The van der Waals surface area contributed by atoms with E-state index in [-0.39, 0.29) is 17.1 Å². The summed E-state index contributed by atoms with van der Waals surface area (Å²) in [5, 5.41) is 13.3. The summed E-state index contributed by atoms with van der Waals surface area (Å²) in [6.07, 6.45) is 3.89. The summed E-state index contributed by atoms with van der Waals surface area (Å²) >= 11 is 1.36. The normalized spacial score (nSPS) is 19.2. The van der Waals surface area contributed by atoms with Gasteiger partial charge in [-0.3, -0.25) is 9.59 Å². The van der Waals surface area contributed by atoms with Crippen LogP contribution in [-0.2, 0) is 4.79 Å². The lowest BCUT2D eigenvalue weighted by atomic mass is 9.76. The first-order chi connectivity index (χ1) is 12.1. The van der Waals surface area contributed by atoms with E-state index in [1.165, 1.54) is 11.8 Å². The summed E-state index contributed by atoms with van der Waals surface area (Å²) in [4.78, 5) is 32.7. The summed E-state index contributed by atoms with van der Waals surface area (Å²) in [6, 6.07) is 6.65. The van der Waals surface area contributed by atoms with Crippen molar-refractivity contribution in [3.05, 3.63) is 57.0 Å². The molecular weight excluding hydrogens is 338 g/mol. The van der Waals surface area contributed by atoms with E-state index in [1.807, 2.05) is 6.26 Å². The Morgan fingerprint density at radius 3 is 2.68 bits per heavy atom. The molecule has 2 aliphatic rings. The van der Waals surface area contributed by atoms with Crippen LogP contribution >= 0.6 is 11.8 Å². The Hall–Kier alpha value is -2.54. The first-order valence-electron chi connectivity index (χ1n) is 8.09. The summed E-state index contributed by atoms with van der Waals surface area (Å²) in [5.74, 6) is 0.254. The standard InChI is InChI=1S/C18H17N3O3S/c1-25-18-20-16-15(17(24)21-18)13(9-5-7-10(22)8-6-9)14-11(19-16)3-2-4-12(14)23/h5-8,13,22H,2-4H2,1H3,(H2,19,20,21,24)/t13-/m0/s1. The number of benzene rings is 1. The lowest BCUT2D eigenvalue weighted by Gasteiger charge is -2.32. The molecule has 0 unspecified atom stereocenters. The number of fused-ring (bicyclic) bond motifs is 1. The number of hydrogen-bond acceptors (Lipinski definition) is 6. The smallest absolute Gasteiger partial charge is 0.257 e. The molecule has 0 spiro atoms. The number of rotatable bonds is 2. The van der Waals surface area contributed by atoms with Crippen molar-refractivity contribution in [2.75, 3.05) is 11.6 Å². The van der Waals surface area contributed by atoms with Crippen LogP contribution in [0.3, 0.4) is 0 Å². The van der Waals surface area contributed by atoms with Crippen LogP contribution in [0.1, 0.15) is 36.3 Å². The van der Waals surface area contributed by atoms with Crippen molar-refractivity contribution < 1.29 is 9.90 Å². The predicted molar refractivity (Wildman–Crippen MR) is 96.1 cm³/mol. The molecule has 1 aromatic heterocycles. The number of carbonyl (C=O) groups excluding carboxylic acids is 1. The fourth-order valence-electron chi connectivity index (χ4n) is 3.54. The molecule has 0 fully saturated rings. The average molecular weight is 355 g/mol. The molecule has 1 atom stereocenters. The number of aromatic amines is 1. The van der Waals surface area contributed by atoms with Gasteiger partial charge in [0.2, 0.25) is 0 Å². The lowest BCUT2D eigenvalue weighted by Crippen LogP contribution is -2.32. The molecule has 6 nitrogen and oxygen atoms in total. The maximum atomic E-state index is 12.7. The molecule has 0 saturated heterocycles. The quantitative estimate of drug-likeness (QED) is 0.566. The minimum Gasteiger partial charge on any atom is -0.508 e. The highest BCUT2D eigenvalue weighted by Gasteiger charge is 2.37. The molecule has 0 saturated carbocycles. The van der Waals surface area contributed by atoms with E-state index in [4.69, 9.17) is 0 Å². The Morgan fingerprint density at radius 2 is 1.96 bits per heavy atom. The number of carbonyl (C=O) groups is 1. The zero-order valence-electron chi connectivity index (χ0n) is 13.6. The largest absolute Gasteiger partial charge is 0.508 e. The van der Waals surface area contributed by atoms with Crippen LogP contribution in [0.25, 0.3) is 0 Å². The highest BCUT2D eigenvalue weighted by Crippen LogP contribution is 2.43. The molecule has 25 heavy (non-hydrogen) atoms. The minimum atomic E-state index is -0.466. The van der Waals surface area contributed by atoms with Gasteiger partial charge in [-0.25, -0.2) is 4.98 Å². The van der Waals surface area contributed by atoms with Gasteiger partial charge in [-0.05, 0) is 36.8 Å². The van der Waals surface area contributed by atoms with Gasteiger partial charge in [0.05, 0.1) is 5.56 Å². The van der Waals surface area contributed by atoms with Crippen LogP contribution in [0.2, 0.25) is 0 Å². The molecule has 1 aliphatic carbocycles. The summed E-state index contributed by atoms with van der Waals surface area (Å²) in [7, 11) is 0. The fraction of sp³-hybridized carbons (Fsp3) is 0.278. The number of H-pyrrole nitrogens is 1. The summed E-state index contributed by atoms with van der Waals surface area (Å²) in [5.41, 5.74) is 2.51. The van der Waals surface area contributed by atoms with Crippen LogP contribution < -0.4 is 10.9 Å². The first kappa shape index (κ1) is 16.0. The van der Waals surface area contributed by atoms with Crippen LogP contribution in [0.4, 0.5) is 5.82 Å². The predicted octanol–water partition coefficient (Wildman–Crippen LogP) is 2.76. The molecule has 7 heteroatoms. The van der Waals surface area contributed by atoms with Gasteiger partial charge >= 0.3 is 0 Å². The molecule has 2 heterocycles. The number of ketones is 1. The summed E-state index contributed by atoms with van der Waals surface area (Å²) < 4.78 is 0. The first-order valence-corrected chi connectivity index (χ1v) is 9.31. The van der Waals surface area contributed by atoms with Gasteiger partial charge in [0, 0.05) is 23.6 Å². The van der Waals surface area contributed by atoms with Gasteiger partial charge in [0.15, 0.2) is 10.9 Å². The molecule has 0 bridgehead atoms. The average Bonchev–Trinajstić information content (AvgIpc) is 2.61. The van der Waals surface area contributed by atoms with E-state index in [2.05, 4.69) is 15.3 Å². The number of nitrogens with zero attached hydrogens (tertiary/aromatic N) is 1. The van der Waals surface area contributed by atoms with Gasteiger partial charge in [-0.2, -0.15) is 0 Å². The number of nitrogens with one attached hydrogen (secondary N) is 2. The molecule has 1 aliphatic heterocycles. The van der Waals surface area contributed by atoms with Crippen LogP contribution in [0.5, 0.6) is 5.75 Å². The third-order valence-electron chi connectivity index (χ3n) is 4.66. The summed E-state index contributed by atoms with van der Waals surface area (Å²) in [6.45, 7) is 0. The second-order valence-electron chi connectivity index (χ2n) is 6.16. The number of hydrogen-bond donors (Lipinski definition) is 3. The van der Waals surface area contributed by atoms with Gasteiger partial charge in [0.1, 0.15) is 11.6 Å².